The first-order valence-electron chi connectivity index (χ1n) is 5.86. The minimum Gasteiger partial charge on any atom is -0.394 e. The van der Waals surface area contributed by atoms with Gasteiger partial charge in [-0.15, -0.1) is 0 Å². The van der Waals surface area contributed by atoms with E-state index in [1.54, 1.807) is 18.2 Å². The largest absolute Gasteiger partial charge is 0.394 e. The molecular weight excluding hydrogens is 244 g/mol. The molecule has 98 valence electrons. The van der Waals surface area contributed by atoms with Crippen LogP contribution in [0.15, 0.2) is 53.5 Å². The summed E-state index contributed by atoms with van der Waals surface area (Å²) in [5, 5.41) is 12.0. The molecule has 2 aromatic rings. The Morgan fingerprint density at radius 1 is 1.21 bits per heavy atom. The van der Waals surface area contributed by atoms with E-state index >= 15 is 0 Å². The van der Waals surface area contributed by atoms with Crippen molar-refractivity contribution in [3.8, 4) is 0 Å². The molecule has 0 aliphatic rings. The van der Waals surface area contributed by atoms with Gasteiger partial charge >= 0.3 is 0 Å². The number of aromatic nitrogens is 1. The van der Waals surface area contributed by atoms with Crippen molar-refractivity contribution in [2.45, 2.75) is 6.04 Å². The maximum absolute atomic E-state index is 12.0. The third-order valence-corrected chi connectivity index (χ3v) is 2.75. The SMILES string of the molecule is O=C(N[C@H](CO)c1ccccc1)c1ccc[nH]c1=O. The number of rotatable bonds is 4. The number of hydrogen-bond donors (Lipinski definition) is 3. The Balaban J connectivity index is 2.18. The van der Waals surface area contributed by atoms with E-state index in [4.69, 9.17) is 0 Å². The van der Waals surface area contributed by atoms with Gasteiger partial charge in [0.2, 0.25) is 0 Å². The lowest BCUT2D eigenvalue weighted by Gasteiger charge is -2.16. The van der Waals surface area contributed by atoms with Gasteiger partial charge in [-0.05, 0) is 17.7 Å². The second kappa shape index (κ2) is 5.97. The predicted octanol–water partition coefficient (Wildman–Crippen LogP) is 0.838. The Labute approximate surface area is 109 Å². The van der Waals surface area contributed by atoms with Crippen molar-refractivity contribution < 1.29 is 9.90 Å². The number of H-pyrrole nitrogens is 1. The quantitative estimate of drug-likeness (QED) is 0.760. The van der Waals surface area contributed by atoms with E-state index in [0.717, 1.165) is 5.56 Å². The van der Waals surface area contributed by atoms with Crippen LogP contribution >= 0.6 is 0 Å². The van der Waals surface area contributed by atoms with Crippen molar-refractivity contribution in [3.63, 3.8) is 0 Å². The van der Waals surface area contributed by atoms with Gasteiger partial charge in [-0.2, -0.15) is 0 Å². The lowest BCUT2D eigenvalue weighted by atomic mass is 10.1. The van der Waals surface area contributed by atoms with Crippen LogP contribution in [0.25, 0.3) is 0 Å². The molecule has 5 nitrogen and oxygen atoms in total. The fourth-order valence-electron chi connectivity index (χ4n) is 1.76. The van der Waals surface area contributed by atoms with E-state index in [9.17, 15) is 14.7 Å². The van der Waals surface area contributed by atoms with Crippen molar-refractivity contribution in [1.82, 2.24) is 10.3 Å². The maximum Gasteiger partial charge on any atom is 0.260 e. The second-order valence-electron chi connectivity index (χ2n) is 4.03. The first kappa shape index (κ1) is 13.0. The number of amides is 1. The van der Waals surface area contributed by atoms with Gasteiger partial charge in [-0.25, -0.2) is 0 Å². The van der Waals surface area contributed by atoms with Crippen LogP contribution in [0.2, 0.25) is 0 Å². The van der Waals surface area contributed by atoms with Crippen LogP contribution in [-0.4, -0.2) is 22.6 Å². The maximum atomic E-state index is 12.0. The van der Waals surface area contributed by atoms with Crippen LogP contribution in [-0.2, 0) is 0 Å². The third kappa shape index (κ3) is 3.08. The Bertz CT molecular complexity index is 607. The first-order valence-corrected chi connectivity index (χ1v) is 5.86. The Kier molecular flexibility index (Phi) is 4.10. The van der Waals surface area contributed by atoms with Crippen molar-refractivity contribution in [2.24, 2.45) is 0 Å². The van der Waals surface area contributed by atoms with Gasteiger partial charge in [-0.1, -0.05) is 30.3 Å². The molecule has 0 saturated carbocycles. The predicted molar refractivity (Wildman–Crippen MR) is 70.8 cm³/mol. The van der Waals surface area contributed by atoms with E-state index in [0.29, 0.717) is 0 Å². The summed E-state index contributed by atoms with van der Waals surface area (Å²) in [6.07, 6.45) is 1.46. The van der Waals surface area contributed by atoms with Gasteiger partial charge in [0.05, 0.1) is 12.6 Å². The molecule has 0 unspecified atom stereocenters. The van der Waals surface area contributed by atoms with Crippen molar-refractivity contribution in [2.75, 3.05) is 6.61 Å². The zero-order chi connectivity index (χ0) is 13.7. The molecule has 1 aromatic carbocycles. The van der Waals surface area contributed by atoms with E-state index in [2.05, 4.69) is 10.3 Å². The molecular formula is C14H14N2O3. The number of aliphatic hydroxyl groups is 1. The van der Waals surface area contributed by atoms with Crippen LogP contribution in [0.3, 0.4) is 0 Å². The summed E-state index contributed by atoms with van der Waals surface area (Å²) in [4.78, 5) is 25.9. The number of hydrogen-bond acceptors (Lipinski definition) is 3. The zero-order valence-corrected chi connectivity index (χ0v) is 10.2. The minimum atomic E-state index is -0.534. The molecule has 1 atom stereocenters. The van der Waals surface area contributed by atoms with Crippen molar-refractivity contribution in [3.05, 3.63) is 70.1 Å². The number of nitrogens with one attached hydrogen (secondary N) is 2. The molecule has 2 rings (SSSR count). The van der Waals surface area contributed by atoms with Crippen LogP contribution < -0.4 is 10.9 Å². The summed E-state index contributed by atoms with van der Waals surface area (Å²) >= 11 is 0. The molecule has 0 fully saturated rings. The lowest BCUT2D eigenvalue weighted by Crippen LogP contribution is -2.34. The minimum absolute atomic E-state index is 0.0249. The molecule has 1 aromatic heterocycles. The van der Waals surface area contributed by atoms with Gasteiger partial charge in [0.1, 0.15) is 5.56 Å². The summed E-state index contributed by atoms with van der Waals surface area (Å²) < 4.78 is 0. The van der Waals surface area contributed by atoms with Gasteiger partial charge in [0.15, 0.2) is 0 Å². The van der Waals surface area contributed by atoms with E-state index in [1.807, 2.05) is 18.2 Å². The van der Waals surface area contributed by atoms with E-state index in [1.165, 1.54) is 12.3 Å². The molecule has 5 heteroatoms. The van der Waals surface area contributed by atoms with Gasteiger partial charge in [0.25, 0.3) is 11.5 Å². The standard InChI is InChI=1S/C14H14N2O3/c17-9-12(10-5-2-1-3-6-10)16-14(19)11-7-4-8-15-13(11)18/h1-8,12,17H,9H2,(H,15,18)(H,16,19)/t12-/m1/s1. The number of carbonyl (C=O) groups is 1. The number of carbonyl (C=O) groups excluding carboxylic acids is 1. The fraction of sp³-hybridized carbons (Fsp3) is 0.143. The van der Waals surface area contributed by atoms with E-state index in [-0.39, 0.29) is 12.2 Å². The monoisotopic (exact) mass is 258 g/mol. The van der Waals surface area contributed by atoms with Gasteiger partial charge in [-0.3, -0.25) is 9.59 Å². The molecule has 0 radical (unpaired) electrons. The summed E-state index contributed by atoms with van der Waals surface area (Å²) in [5.74, 6) is -0.509. The molecule has 0 aliphatic carbocycles. The number of aliphatic hydroxyl groups excluding tert-OH is 1. The number of pyridine rings is 1. The Hall–Kier alpha value is -2.40. The highest BCUT2D eigenvalue weighted by atomic mass is 16.3. The molecule has 0 saturated heterocycles. The van der Waals surface area contributed by atoms with Crippen LogP contribution in [0.1, 0.15) is 22.0 Å². The lowest BCUT2D eigenvalue weighted by molar-refractivity contribution is 0.0914. The Morgan fingerprint density at radius 3 is 2.58 bits per heavy atom. The summed E-state index contributed by atoms with van der Waals surface area (Å²) in [5.41, 5.74) is 0.354. The van der Waals surface area contributed by atoms with Crippen LogP contribution in [0.4, 0.5) is 0 Å². The van der Waals surface area contributed by atoms with Gasteiger partial charge < -0.3 is 15.4 Å². The normalized spacial score (nSPS) is 11.8. The molecule has 0 bridgehead atoms. The highest BCUT2D eigenvalue weighted by Gasteiger charge is 2.16. The molecule has 1 heterocycles. The third-order valence-electron chi connectivity index (χ3n) is 2.75. The molecule has 1 amide bonds. The topological polar surface area (TPSA) is 82.2 Å². The smallest absolute Gasteiger partial charge is 0.260 e. The summed E-state index contributed by atoms with van der Waals surface area (Å²) in [6, 6.07) is 11.6. The van der Waals surface area contributed by atoms with Crippen molar-refractivity contribution >= 4 is 5.91 Å². The average molecular weight is 258 g/mol. The van der Waals surface area contributed by atoms with Crippen LogP contribution in [0.5, 0.6) is 0 Å². The number of benzene rings is 1. The van der Waals surface area contributed by atoms with Crippen LogP contribution in [0, 0.1) is 0 Å². The summed E-state index contributed by atoms with van der Waals surface area (Å²) in [6.45, 7) is -0.236. The zero-order valence-electron chi connectivity index (χ0n) is 10.2. The highest BCUT2D eigenvalue weighted by molar-refractivity contribution is 5.94. The first-order chi connectivity index (χ1) is 9.22. The molecule has 3 N–H and O–H groups in total. The Morgan fingerprint density at radius 2 is 1.95 bits per heavy atom. The number of aromatic amines is 1. The van der Waals surface area contributed by atoms with E-state index < -0.39 is 17.5 Å². The molecule has 0 spiro atoms. The molecule has 19 heavy (non-hydrogen) atoms. The van der Waals surface area contributed by atoms with Crippen molar-refractivity contribution in [1.29, 1.82) is 0 Å². The van der Waals surface area contributed by atoms with Gasteiger partial charge in [0, 0.05) is 6.20 Å². The average Bonchev–Trinajstić information content (AvgIpc) is 2.46. The second-order valence-corrected chi connectivity index (χ2v) is 4.03. The highest BCUT2D eigenvalue weighted by Crippen LogP contribution is 2.11. The molecule has 0 aliphatic heterocycles. The summed E-state index contributed by atoms with van der Waals surface area (Å²) in [7, 11) is 0. The fourth-order valence-corrected chi connectivity index (χ4v) is 1.76.